The highest BCUT2D eigenvalue weighted by Gasteiger charge is 2.21. The van der Waals surface area contributed by atoms with Crippen LogP contribution in [0.1, 0.15) is 122 Å². The second-order valence-electron chi connectivity index (χ2n) is 11.0. The predicted molar refractivity (Wildman–Crippen MR) is 149 cm³/mol. The smallest absolute Gasteiger partial charge is 0.201 e. The largest absolute Gasteiger partial charge is 0.490 e. The van der Waals surface area contributed by atoms with Gasteiger partial charge in [0.15, 0.2) is 11.6 Å². The van der Waals surface area contributed by atoms with Crippen LogP contribution < -0.4 is 4.74 Å². The SMILES string of the molecule is CCCCCCCOc1ccc(-c2ccc(CCC3CCC(CCCCCCC)CC3)nn2)c(F)c1F. The molecule has 1 fully saturated rings. The first-order valence-corrected chi connectivity index (χ1v) is 15.1. The van der Waals surface area contributed by atoms with Crippen LogP contribution in [0.5, 0.6) is 5.75 Å². The molecule has 206 valence electrons. The van der Waals surface area contributed by atoms with E-state index in [1.807, 2.05) is 6.07 Å². The van der Waals surface area contributed by atoms with E-state index in [0.29, 0.717) is 12.3 Å². The highest BCUT2D eigenvalue weighted by molar-refractivity contribution is 5.61. The molecule has 0 aliphatic heterocycles. The van der Waals surface area contributed by atoms with Crippen molar-refractivity contribution >= 4 is 0 Å². The molecule has 0 spiro atoms. The zero-order valence-corrected chi connectivity index (χ0v) is 23.3. The highest BCUT2D eigenvalue weighted by Crippen LogP contribution is 2.34. The Morgan fingerprint density at radius 3 is 2.00 bits per heavy atom. The highest BCUT2D eigenvalue weighted by atomic mass is 19.2. The third kappa shape index (κ3) is 9.98. The Balaban J connectivity index is 1.41. The van der Waals surface area contributed by atoms with Crippen LogP contribution in [-0.2, 0) is 6.42 Å². The van der Waals surface area contributed by atoms with Gasteiger partial charge < -0.3 is 4.74 Å². The zero-order valence-electron chi connectivity index (χ0n) is 23.3. The number of benzene rings is 1. The molecular formula is C32H48F2N2O. The molecule has 0 N–H and O–H groups in total. The van der Waals surface area contributed by atoms with E-state index in [2.05, 4.69) is 24.0 Å². The van der Waals surface area contributed by atoms with E-state index in [1.165, 1.54) is 89.2 Å². The minimum Gasteiger partial charge on any atom is -0.490 e. The van der Waals surface area contributed by atoms with Crippen molar-refractivity contribution in [1.82, 2.24) is 10.2 Å². The molecule has 1 heterocycles. The Labute approximate surface area is 223 Å². The molecule has 0 bridgehead atoms. The molecule has 0 unspecified atom stereocenters. The van der Waals surface area contributed by atoms with Gasteiger partial charge in [0.1, 0.15) is 0 Å². The lowest BCUT2D eigenvalue weighted by Crippen LogP contribution is -2.15. The van der Waals surface area contributed by atoms with Gasteiger partial charge in [-0.05, 0) is 55.4 Å². The van der Waals surface area contributed by atoms with Crippen LogP contribution in [0, 0.1) is 23.5 Å². The molecule has 1 aliphatic carbocycles. The quantitative estimate of drug-likeness (QED) is 0.197. The van der Waals surface area contributed by atoms with Crippen LogP contribution in [0.25, 0.3) is 11.3 Å². The van der Waals surface area contributed by atoms with Gasteiger partial charge in [-0.25, -0.2) is 4.39 Å². The molecule has 1 aromatic carbocycles. The van der Waals surface area contributed by atoms with E-state index < -0.39 is 11.6 Å². The maximum atomic E-state index is 14.8. The van der Waals surface area contributed by atoms with Crippen molar-refractivity contribution in [2.24, 2.45) is 11.8 Å². The molecule has 1 aromatic heterocycles. The lowest BCUT2D eigenvalue weighted by molar-refractivity contribution is 0.248. The third-order valence-corrected chi connectivity index (χ3v) is 8.04. The average molecular weight is 515 g/mol. The van der Waals surface area contributed by atoms with Crippen LogP contribution in [0.4, 0.5) is 8.78 Å². The molecule has 3 rings (SSSR count). The summed E-state index contributed by atoms with van der Waals surface area (Å²) >= 11 is 0. The van der Waals surface area contributed by atoms with Crippen molar-refractivity contribution in [3.8, 4) is 17.0 Å². The van der Waals surface area contributed by atoms with E-state index in [1.54, 1.807) is 6.07 Å². The lowest BCUT2D eigenvalue weighted by Gasteiger charge is -2.28. The first kappa shape index (κ1) is 29.5. The molecular weight excluding hydrogens is 466 g/mol. The van der Waals surface area contributed by atoms with Gasteiger partial charge >= 0.3 is 0 Å². The second-order valence-corrected chi connectivity index (χ2v) is 11.0. The van der Waals surface area contributed by atoms with E-state index >= 15 is 0 Å². The van der Waals surface area contributed by atoms with Crippen LogP contribution in [0.2, 0.25) is 0 Å². The Kier molecular flexibility index (Phi) is 13.3. The van der Waals surface area contributed by atoms with E-state index in [0.717, 1.165) is 49.6 Å². The Morgan fingerprint density at radius 1 is 0.703 bits per heavy atom. The third-order valence-electron chi connectivity index (χ3n) is 8.04. The van der Waals surface area contributed by atoms with Crippen molar-refractivity contribution in [3.63, 3.8) is 0 Å². The van der Waals surface area contributed by atoms with Gasteiger partial charge in [0.25, 0.3) is 0 Å². The zero-order chi connectivity index (χ0) is 26.3. The second kappa shape index (κ2) is 16.7. The Hall–Kier alpha value is -2.04. The molecule has 0 amide bonds. The van der Waals surface area contributed by atoms with Gasteiger partial charge in [0.2, 0.25) is 5.82 Å². The number of unbranched alkanes of at least 4 members (excludes halogenated alkanes) is 8. The lowest BCUT2D eigenvalue weighted by atomic mass is 9.78. The van der Waals surface area contributed by atoms with E-state index in [-0.39, 0.29) is 11.3 Å². The Morgan fingerprint density at radius 2 is 1.35 bits per heavy atom. The maximum Gasteiger partial charge on any atom is 0.201 e. The molecule has 37 heavy (non-hydrogen) atoms. The number of rotatable bonds is 17. The number of nitrogens with zero attached hydrogens (tertiary/aromatic N) is 2. The van der Waals surface area contributed by atoms with Crippen LogP contribution in [0.15, 0.2) is 24.3 Å². The standard InChI is InChI=1S/C32H48F2N2O/c1-3-5-7-9-11-13-25-14-16-26(17-15-25)18-19-27-20-22-29(36-35-27)28-21-23-30(32(34)31(28)33)37-24-12-10-8-6-4-2/h20-23,25-26H,3-19,24H2,1-2H3. The van der Waals surface area contributed by atoms with Crippen molar-refractivity contribution < 1.29 is 13.5 Å². The summed E-state index contributed by atoms with van der Waals surface area (Å²) in [6, 6.07) is 6.69. The molecule has 1 saturated carbocycles. The van der Waals surface area contributed by atoms with Crippen LogP contribution >= 0.6 is 0 Å². The van der Waals surface area contributed by atoms with Crippen LogP contribution in [0.3, 0.4) is 0 Å². The van der Waals surface area contributed by atoms with Gasteiger partial charge in [-0.1, -0.05) is 104 Å². The topological polar surface area (TPSA) is 35.0 Å². The summed E-state index contributed by atoms with van der Waals surface area (Å²) < 4.78 is 34.8. The average Bonchev–Trinajstić information content (AvgIpc) is 2.93. The summed E-state index contributed by atoms with van der Waals surface area (Å²) in [6.45, 7) is 4.83. The number of hydrogen-bond donors (Lipinski definition) is 0. The van der Waals surface area contributed by atoms with E-state index in [9.17, 15) is 8.78 Å². The normalized spacial score (nSPS) is 17.7. The van der Waals surface area contributed by atoms with Gasteiger partial charge in [0.05, 0.1) is 18.0 Å². The number of aromatic nitrogens is 2. The summed E-state index contributed by atoms with van der Waals surface area (Å²) in [7, 11) is 0. The van der Waals surface area contributed by atoms with E-state index in [4.69, 9.17) is 4.74 Å². The molecule has 1 aliphatic rings. The summed E-state index contributed by atoms with van der Waals surface area (Å²) in [4.78, 5) is 0. The predicted octanol–water partition coefficient (Wildman–Crippen LogP) is 9.87. The fourth-order valence-corrected chi connectivity index (χ4v) is 5.56. The number of hydrogen-bond acceptors (Lipinski definition) is 3. The Bertz CT molecular complexity index is 894. The molecule has 0 atom stereocenters. The van der Waals surface area contributed by atoms with Crippen LogP contribution in [-0.4, -0.2) is 16.8 Å². The van der Waals surface area contributed by atoms with Gasteiger partial charge in [-0.15, -0.1) is 0 Å². The summed E-state index contributed by atoms with van der Waals surface area (Å²) in [6.07, 6.45) is 21.1. The monoisotopic (exact) mass is 514 g/mol. The van der Waals surface area contributed by atoms with Crippen molar-refractivity contribution in [2.75, 3.05) is 6.61 Å². The fraction of sp³-hybridized carbons (Fsp3) is 0.688. The maximum absolute atomic E-state index is 14.8. The molecule has 0 saturated heterocycles. The molecule has 5 heteroatoms. The molecule has 2 aromatic rings. The van der Waals surface area contributed by atoms with Crippen molar-refractivity contribution in [1.29, 1.82) is 0 Å². The van der Waals surface area contributed by atoms with Gasteiger partial charge in [0, 0.05) is 5.56 Å². The molecule has 0 radical (unpaired) electrons. The first-order chi connectivity index (χ1) is 18.1. The van der Waals surface area contributed by atoms with Crippen molar-refractivity contribution in [2.45, 2.75) is 123 Å². The summed E-state index contributed by atoms with van der Waals surface area (Å²) in [5.74, 6) is -0.216. The summed E-state index contributed by atoms with van der Waals surface area (Å²) in [5, 5.41) is 8.55. The number of ether oxygens (including phenoxy) is 1. The van der Waals surface area contributed by atoms with Crippen molar-refractivity contribution in [3.05, 3.63) is 41.6 Å². The minimum absolute atomic E-state index is 0.0347. The minimum atomic E-state index is -0.950. The number of aryl methyl sites for hydroxylation is 1. The van der Waals surface area contributed by atoms with Gasteiger partial charge in [-0.3, -0.25) is 0 Å². The first-order valence-electron chi connectivity index (χ1n) is 15.1. The fourth-order valence-electron chi connectivity index (χ4n) is 5.56. The summed E-state index contributed by atoms with van der Waals surface area (Å²) in [5.41, 5.74) is 1.40. The van der Waals surface area contributed by atoms with Gasteiger partial charge in [-0.2, -0.15) is 14.6 Å². The number of halogens is 2. The molecule has 3 nitrogen and oxygen atoms in total.